The number of nitrogens with one attached hydrogen (secondary N) is 1. The molecule has 0 amide bonds. The van der Waals surface area contributed by atoms with Crippen LogP contribution < -0.4 is 0 Å². The Bertz CT molecular complexity index is 3250. The number of benzene rings is 8. The Morgan fingerprint density at radius 1 is 0.357 bits per heavy atom. The van der Waals surface area contributed by atoms with Crippen molar-refractivity contribution in [2.24, 2.45) is 0 Å². The minimum atomic E-state index is 0.779. The van der Waals surface area contributed by atoms with Gasteiger partial charge in [0.25, 0.3) is 0 Å². The van der Waals surface area contributed by atoms with Gasteiger partial charge in [-0.15, -0.1) is 21.5 Å². The third-order valence-electron chi connectivity index (χ3n) is 10.9. The van der Waals surface area contributed by atoms with E-state index in [1.54, 1.807) is 0 Å². The molecule has 0 fully saturated rings. The Morgan fingerprint density at radius 2 is 0.893 bits per heavy atom. The Labute approximate surface area is 327 Å². The lowest BCUT2D eigenvalue weighted by Crippen LogP contribution is -2.03. The zero-order valence-corrected chi connectivity index (χ0v) is 31.0. The van der Waals surface area contributed by atoms with Crippen LogP contribution in [0.3, 0.4) is 0 Å². The van der Waals surface area contributed by atoms with Crippen molar-refractivity contribution in [1.29, 1.82) is 0 Å². The summed E-state index contributed by atoms with van der Waals surface area (Å²) in [5.74, 6) is 0. The molecule has 1 N–H and O–H groups in total. The van der Waals surface area contributed by atoms with E-state index in [1.807, 2.05) is 11.3 Å². The normalized spacial score (nSPS) is 11.6. The molecule has 0 atom stereocenters. The summed E-state index contributed by atoms with van der Waals surface area (Å²) in [5.41, 5.74) is 14.4. The first kappa shape index (κ1) is 32.2. The van der Waals surface area contributed by atoms with Gasteiger partial charge in [-0.25, -0.2) is 0 Å². The molecule has 4 nitrogen and oxygen atoms in total. The van der Waals surface area contributed by atoms with Crippen LogP contribution in [0.4, 0.5) is 0 Å². The number of para-hydroxylation sites is 2. The Balaban J connectivity index is 1.31. The Morgan fingerprint density at radius 3 is 1.71 bits per heavy atom. The number of aromatic nitrogens is 4. The zero-order valence-electron chi connectivity index (χ0n) is 30.1. The van der Waals surface area contributed by atoms with E-state index in [1.165, 1.54) is 30.9 Å². The van der Waals surface area contributed by atoms with E-state index in [0.717, 1.165) is 78.1 Å². The number of nitrogens with zero attached hydrogens (tertiary/aromatic N) is 3. The topological polar surface area (TPSA) is 54.5 Å². The van der Waals surface area contributed by atoms with Gasteiger partial charge in [-0.1, -0.05) is 170 Å². The molecule has 0 saturated carbocycles. The standard InChI is InChI=1S/C51H32N4S/c1-3-16-32(17-4-1)34-20-7-8-22-37(34)50-48(51(54-55-53-50)42-28-15-31-45-47(42)39-23-10-12-30-44(39)56-45)40-26-13-24-35(33-18-5-2-6-19-33)46(40)41-27-14-25-38-36-21-9-11-29-43(36)52-49(38)41/h1-31,52H. The van der Waals surface area contributed by atoms with Crippen molar-refractivity contribution in [3.8, 4) is 67.0 Å². The fraction of sp³-hybridized carbons (Fsp3) is 0. The minimum Gasteiger partial charge on any atom is -0.354 e. The van der Waals surface area contributed by atoms with Crippen LogP contribution in [0.5, 0.6) is 0 Å². The number of fused-ring (bicyclic) bond motifs is 6. The summed E-state index contributed by atoms with van der Waals surface area (Å²) in [6, 6.07) is 66.8. The molecular formula is C51H32N4S. The van der Waals surface area contributed by atoms with Crippen molar-refractivity contribution in [1.82, 2.24) is 20.4 Å². The molecule has 3 aromatic heterocycles. The smallest absolute Gasteiger partial charge is 0.105 e. The lowest BCUT2D eigenvalue weighted by Gasteiger charge is -2.21. The summed E-state index contributed by atoms with van der Waals surface area (Å²) < 4.78 is 2.45. The lowest BCUT2D eigenvalue weighted by atomic mass is 9.83. The molecule has 56 heavy (non-hydrogen) atoms. The maximum atomic E-state index is 5.02. The molecule has 0 radical (unpaired) electrons. The molecule has 0 aliphatic heterocycles. The van der Waals surface area contributed by atoms with Crippen LogP contribution in [-0.2, 0) is 0 Å². The summed E-state index contributed by atoms with van der Waals surface area (Å²) >= 11 is 1.81. The van der Waals surface area contributed by atoms with Crippen LogP contribution in [0.25, 0.3) is 109 Å². The largest absolute Gasteiger partial charge is 0.354 e. The maximum Gasteiger partial charge on any atom is 0.105 e. The van der Waals surface area contributed by atoms with Crippen molar-refractivity contribution >= 4 is 53.3 Å². The van der Waals surface area contributed by atoms with Crippen LogP contribution in [-0.4, -0.2) is 20.4 Å². The van der Waals surface area contributed by atoms with Crippen LogP contribution >= 0.6 is 11.3 Å². The second kappa shape index (κ2) is 13.3. The minimum absolute atomic E-state index is 0.779. The highest BCUT2D eigenvalue weighted by atomic mass is 32.1. The number of hydrogen-bond acceptors (Lipinski definition) is 4. The maximum absolute atomic E-state index is 5.02. The van der Waals surface area contributed by atoms with E-state index < -0.39 is 0 Å². The van der Waals surface area contributed by atoms with E-state index in [0.29, 0.717) is 0 Å². The van der Waals surface area contributed by atoms with Crippen LogP contribution in [0.1, 0.15) is 0 Å². The van der Waals surface area contributed by atoms with Crippen molar-refractivity contribution in [3.63, 3.8) is 0 Å². The zero-order chi connectivity index (χ0) is 37.0. The molecule has 11 rings (SSSR count). The molecule has 3 heterocycles. The molecule has 11 aromatic rings. The van der Waals surface area contributed by atoms with E-state index in [-0.39, 0.29) is 0 Å². The summed E-state index contributed by atoms with van der Waals surface area (Å²) in [4.78, 5) is 3.82. The van der Waals surface area contributed by atoms with Gasteiger partial charge < -0.3 is 4.98 Å². The van der Waals surface area contributed by atoms with Crippen molar-refractivity contribution in [2.75, 3.05) is 0 Å². The highest BCUT2D eigenvalue weighted by Gasteiger charge is 2.27. The third kappa shape index (κ3) is 5.17. The van der Waals surface area contributed by atoms with Gasteiger partial charge in [0.1, 0.15) is 11.4 Å². The van der Waals surface area contributed by atoms with Gasteiger partial charge in [0.15, 0.2) is 0 Å². The summed E-state index contributed by atoms with van der Waals surface area (Å²) in [5, 5.41) is 19.4. The molecule has 5 heteroatoms. The van der Waals surface area contributed by atoms with Crippen LogP contribution in [0, 0.1) is 0 Å². The molecule has 0 aliphatic rings. The predicted molar refractivity (Wildman–Crippen MR) is 235 cm³/mol. The Hall–Kier alpha value is -7.21. The number of hydrogen-bond donors (Lipinski definition) is 1. The molecule has 262 valence electrons. The van der Waals surface area contributed by atoms with Gasteiger partial charge in [-0.2, -0.15) is 0 Å². The van der Waals surface area contributed by atoms with Gasteiger partial charge in [0, 0.05) is 58.7 Å². The number of thiophene rings is 1. The molecule has 0 bridgehead atoms. The third-order valence-corrected chi connectivity index (χ3v) is 12.1. The average molecular weight is 733 g/mol. The number of rotatable bonds is 6. The second-order valence-electron chi connectivity index (χ2n) is 14.0. The first-order valence-corrected chi connectivity index (χ1v) is 19.6. The van der Waals surface area contributed by atoms with E-state index in [2.05, 4.69) is 198 Å². The van der Waals surface area contributed by atoms with Crippen molar-refractivity contribution in [3.05, 3.63) is 188 Å². The number of H-pyrrole nitrogens is 1. The average Bonchev–Trinajstić information content (AvgIpc) is 3.85. The molecule has 8 aromatic carbocycles. The van der Waals surface area contributed by atoms with Gasteiger partial charge in [0.2, 0.25) is 0 Å². The summed E-state index contributed by atoms with van der Waals surface area (Å²) in [6.07, 6.45) is 0. The van der Waals surface area contributed by atoms with Gasteiger partial charge in [-0.05, 0) is 56.8 Å². The molecule has 0 unspecified atom stereocenters. The van der Waals surface area contributed by atoms with E-state index in [9.17, 15) is 0 Å². The fourth-order valence-corrected chi connectivity index (χ4v) is 9.61. The summed E-state index contributed by atoms with van der Waals surface area (Å²) in [6.45, 7) is 0. The predicted octanol–water partition coefficient (Wildman–Crippen LogP) is 13.9. The SMILES string of the molecule is c1ccc(-c2ccccc2-c2nnnc(-c3cccc4sc5ccccc5c34)c2-c2cccc(-c3ccccc3)c2-c2cccc3c2[nH]c2ccccc23)cc1. The van der Waals surface area contributed by atoms with Crippen molar-refractivity contribution in [2.45, 2.75) is 0 Å². The van der Waals surface area contributed by atoms with E-state index in [4.69, 9.17) is 10.2 Å². The van der Waals surface area contributed by atoms with Crippen molar-refractivity contribution < 1.29 is 0 Å². The van der Waals surface area contributed by atoms with Gasteiger partial charge in [0.05, 0.1) is 5.52 Å². The quantitative estimate of drug-likeness (QED) is 0.185. The number of aromatic amines is 1. The van der Waals surface area contributed by atoms with E-state index >= 15 is 0 Å². The second-order valence-corrected chi connectivity index (χ2v) is 15.1. The Kier molecular flexibility index (Phi) is 7.64. The molecule has 0 spiro atoms. The molecular weight excluding hydrogens is 701 g/mol. The van der Waals surface area contributed by atoms with Gasteiger partial charge >= 0.3 is 0 Å². The summed E-state index contributed by atoms with van der Waals surface area (Å²) in [7, 11) is 0. The monoisotopic (exact) mass is 732 g/mol. The van der Waals surface area contributed by atoms with Crippen LogP contribution in [0.15, 0.2) is 188 Å². The molecule has 0 saturated heterocycles. The van der Waals surface area contributed by atoms with Crippen LogP contribution in [0.2, 0.25) is 0 Å². The lowest BCUT2D eigenvalue weighted by molar-refractivity contribution is 0.879. The highest BCUT2D eigenvalue weighted by molar-refractivity contribution is 7.25. The first-order chi connectivity index (χ1) is 27.8. The van der Waals surface area contributed by atoms with Gasteiger partial charge in [-0.3, -0.25) is 0 Å². The fourth-order valence-electron chi connectivity index (χ4n) is 8.48. The highest BCUT2D eigenvalue weighted by Crippen LogP contribution is 2.50. The first-order valence-electron chi connectivity index (χ1n) is 18.8. The molecule has 0 aliphatic carbocycles.